The third kappa shape index (κ3) is 3.67. The van der Waals surface area contributed by atoms with Gasteiger partial charge >= 0.3 is 0 Å². The minimum atomic E-state index is -0.847. The number of nitrogens with zero attached hydrogens (tertiary/aromatic N) is 2. The van der Waals surface area contributed by atoms with Crippen molar-refractivity contribution in [2.75, 3.05) is 39.4 Å². The van der Waals surface area contributed by atoms with E-state index in [9.17, 15) is 15.0 Å². The fourth-order valence-corrected chi connectivity index (χ4v) is 3.34. The second-order valence-corrected chi connectivity index (χ2v) is 6.44. The van der Waals surface area contributed by atoms with Crippen LogP contribution in [0.1, 0.15) is 10.4 Å². The lowest BCUT2D eigenvalue weighted by Gasteiger charge is -2.43. The lowest BCUT2D eigenvalue weighted by molar-refractivity contribution is -0.136. The minimum absolute atomic E-state index is 0.0346. The van der Waals surface area contributed by atoms with E-state index in [1.807, 2.05) is 0 Å². The molecule has 2 saturated heterocycles. The van der Waals surface area contributed by atoms with Crippen molar-refractivity contribution in [1.29, 1.82) is 0 Å². The molecule has 2 heterocycles. The lowest BCUT2D eigenvalue weighted by Crippen LogP contribution is -2.60. The molecule has 1 aromatic carbocycles. The summed E-state index contributed by atoms with van der Waals surface area (Å²) in [6.45, 7) is 3.01. The third-order valence-corrected chi connectivity index (χ3v) is 4.74. The van der Waals surface area contributed by atoms with Crippen molar-refractivity contribution in [3.05, 3.63) is 34.9 Å². The molecule has 23 heavy (non-hydrogen) atoms. The van der Waals surface area contributed by atoms with Gasteiger partial charge in [-0.1, -0.05) is 17.7 Å². The zero-order chi connectivity index (χ0) is 16.4. The van der Waals surface area contributed by atoms with Gasteiger partial charge in [0.2, 0.25) is 0 Å². The summed E-state index contributed by atoms with van der Waals surface area (Å²) in [5, 5.41) is 20.4. The van der Waals surface area contributed by atoms with Gasteiger partial charge in [0.25, 0.3) is 5.91 Å². The van der Waals surface area contributed by atoms with Crippen LogP contribution in [0.5, 0.6) is 0 Å². The van der Waals surface area contributed by atoms with Crippen molar-refractivity contribution in [3.63, 3.8) is 0 Å². The number of ether oxygens (including phenoxy) is 1. The molecule has 0 aromatic heterocycles. The van der Waals surface area contributed by atoms with E-state index in [0.29, 0.717) is 43.4 Å². The summed E-state index contributed by atoms with van der Waals surface area (Å²) < 4.78 is 5.33. The van der Waals surface area contributed by atoms with Crippen LogP contribution in [0.3, 0.4) is 0 Å². The molecule has 2 N–H and O–H groups in total. The number of hydrogen-bond donors (Lipinski definition) is 2. The van der Waals surface area contributed by atoms with Crippen molar-refractivity contribution in [2.45, 2.75) is 18.2 Å². The van der Waals surface area contributed by atoms with Crippen LogP contribution in [0.15, 0.2) is 24.3 Å². The van der Waals surface area contributed by atoms with Crippen molar-refractivity contribution >= 4 is 17.5 Å². The monoisotopic (exact) mass is 340 g/mol. The van der Waals surface area contributed by atoms with E-state index in [1.165, 1.54) is 0 Å². The van der Waals surface area contributed by atoms with Crippen molar-refractivity contribution < 1.29 is 19.7 Å². The number of benzene rings is 1. The molecule has 3 atom stereocenters. The van der Waals surface area contributed by atoms with Gasteiger partial charge in [-0.3, -0.25) is 9.69 Å². The Morgan fingerprint density at radius 3 is 2.61 bits per heavy atom. The number of carbonyl (C=O) groups excluding carboxylic acids is 1. The number of piperazine rings is 1. The standard InChI is InChI=1S/C16H21ClN2O4/c17-12-3-1-2-11(8-12)16(22)19-6-4-18(5-7-19)13-9-23-10-14(20)15(13)21/h1-3,8,13-15,20-21H,4-7,9-10H2/t13-,14-,15+/m1/s1. The van der Waals surface area contributed by atoms with E-state index < -0.39 is 12.2 Å². The summed E-state index contributed by atoms with van der Waals surface area (Å²) in [6.07, 6.45) is -1.65. The Hall–Kier alpha value is -1.18. The molecule has 7 heteroatoms. The van der Waals surface area contributed by atoms with E-state index in [2.05, 4.69) is 4.90 Å². The zero-order valence-corrected chi connectivity index (χ0v) is 13.5. The van der Waals surface area contributed by atoms with Crippen LogP contribution >= 0.6 is 11.6 Å². The van der Waals surface area contributed by atoms with E-state index in [1.54, 1.807) is 29.2 Å². The number of rotatable bonds is 2. The quantitative estimate of drug-likeness (QED) is 0.805. The van der Waals surface area contributed by atoms with Gasteiger partial charge in [-0.15, -0.1) is 0 Å². The fraction of sp³-hybridized carbons (Fsp3) is 0.562. The van der Waals surface area contributed by atoms with Crippen molar-refractivity contribution in [2.24, 2.45) is 0 Å². The number of carbonyl (C=O) groups is 1. The van der Waals surface area contributed by atoms with E-state index in [4.69, 9.17) is 16.3 Å². The van der Waals surface area contributed by atoms with Crippen LogP contribution in [0.25, 0.3) is 0 Å². The zero-order valence-electron chi connectivity index (χ0n) is 12.8. The van der Waals surface area contributed by atoms with Crippen LogP contribution in [-0.2, 0) is 4.74 Å². The Morgan fingerprint density at radius 1 is 1.17 bits per heavy atom. The van der Waals surface area contributed by atoms with Gasteiger partial charge in [0, 0.05) is 36.8 Å². The van der Waals surface area contributed by atoms with Crippen molar-refractivity contribution in [1.82, 2.24) is 9.80 Å². The van der Waals surface area contributed by atoms with Gasteiger partial charge in [0.1, 0.15) is 6.10 Å². The lowest BCUT2D eigenvalue weighted by atomic mass is 10.0. The van der Waals surface area contributed by atoms with E-state index >= 15 is 0 Å². The molecular weight excluding hydrogens is 320 g/mol. The summed E-state index contributed by atoms with van der Waals surface area (Å²) >= 11 is 5.94. The molecule has 2 aliphatic rings. The minimum Gasteiger partial charge on any atom is -0.389 e. The summed E-state index contributed by atoms with van der Waals surface area (Å²) in [5.74, 6) is -0.0346. The summed E-state index contributed by atoms with van der Waals surface area (Å²) in [4.78, 5) is 16.4. The Kier molecular flexibility index (Phi) is 5.18. The average Bonchev–Trinajstić information content (AvgIpc) is 2.57. The van der Waals surface area contributed by atoms with Crippen molar-refractivity contribution in [3.8, 4) is 0 Å². The maximum atomic E-state index is 12.5. The van der Waals surface area contributed by atoms with E-state index in [0.717, 1.165) is 0 Å². The Morgan fingerprint density at radius 2 is 1.91 bits per heavy atom. The first kappa shape index (κ1) is 16.7. The summed E-state index contributed by atoms with van der Waals surface area (Å²) in [6, 6.07) is 6.72. The summed E-state index contributed by atoms with van der Waals surface area (Å²) in [7, 11) is 0. The Balaban J connectivity index is 1.59. The predicted molar refractivity (Wildman–Crippen MR) is 85.5 cm³/mol. The molecular formula is C16H21ClN2O4. The second kappa shape index (κ2) is 7.15. The molecule has 3 rings (SSSR count). The molecule has 126 valence electrons. The van der Waals surface area contributed by atoms with Crippen LogP contribution in [0.4, 0.5) is 0 Å². The normalized spacial score (nSPS) is 29.5. The van der Waals surface area contributed by atoms with Gasteiger partial charge in [0.05, 0.1) is 25.4 Å². The van der Waals surface area contributed by atoms with Crippen LogP contribution < -0.4 is 0 Å². The molecule has 0 aliphatic carbocycles. The first-order valence-corrected chi connectivity index (χ1v) is 8.17. The molecule has 1 amide bonds. The van der Waals surface area contributed by atoms with Gasteiger partial charge in [0.15, 0.2) is 0 Å². The Labute approximate surface area is 140 Å². The molecule has 0 saturated carbocycles. The fourth-order valence-electron chi connectivity index (χ4n) is 3.15. The number of aliphatic hydroxyl groups excluding tert-OH is 2. The van der Waals surface area contributed by atoms with Crippen LogP contribution in [0, 0.1) is 0 Å². The Bertz CT molecular complexity index is 563. The average molecular weight is 341 g/mol. The number of hydrogen-bond acceptors (Lipinski definition) is 5. The number of halogens is 1. The highest BCUT2D eigenvalue weighted by molar-refractivity contribution is 6.30. The molecule has 2 aliphatic heterocycles. The van der Waals surface area contributed by atoms with Crippen LogP contribution in [-0.4, -0.2) is 83.6 Å². The molecule has 1 aromatic rings. The molecule has 0 bridgehead atoms. The smallest absolute Gasteiger partial charge is 0.253 e. The molecule has 6 nitrogen and oxygen atoms in total. The van der Waals surface area contributed by atoms with Gasteiger partial charge < -0.3 is 19.8 Å². The number of amides is 1. The second-order valence-electron chi connectivity index (χ2n) is 6.00. The van der Waals surface area contributed by atoms with E-state index in [-0.39, 0.29) is 18.6 Å². The van der Waals surface area contributed by atoms with Gasteiger partial charge in [-0.2, -0.15) is 0 Å². The molecule has 0 radical (unpaired) electrons. The molecule has 0 unspecified atom stereocenters. The molecule has 0 spiro atoms. The van der Waals surface area contributed by atoms with Gasteiger partial charge in [-0.05, 0) is 18.2 Å². The SMILES string of the molecule is O=C(c1cccc(Cl)c1)N1CCN([C@@H]2COC[C@@H](O)[C@H]2O)CC1. The maximum Gasteiger partial charge on any atom is 0.253 e. The van der Waals surface area contributed by atoms with Crippen LogP contribution in [0.2, 0.25) is 5.02 Å². The largest absolute Gasteiger partial charge is 0.389 e. The maximum absolute atomic E-state index is 12.5. The first-order chi connectivity index (χ1) is 11.1. The highest BCUT2D eigenvalue weighted by Gasteiger charge is 2.37. The third-order valence-electron chi connectivity index (χ3n) is 4.51. The highest BCUT2D eigenvalue weighted by Crippen LogP contribution is 2.19. The number of aliphatic hydroxyl groups is 2. The highest BCUT2D eigenvalue weighted by atomic mass is 35.5. The first-order valence-electron chi connectivity index (χ1n) is 7.79. The molecule has 2 fully saturated rings. The topological polar surface area (TPSA) is 73.2 Å². The predicted octanol–water partition coefficient (Wildman–Crippen LogP) is 0.218. The summed E-state index contributed by atoms with van der Waals surface area (Å²) in [5.41, 5.74) is 0.586. The van der Waals surface area contributed by atoms with Gasteiger partial charge in [-0.25, -0.2) is 0 Å².